The van der Waals surface area contributed by atoms with Crippen LogP contribution in [0.5, 0.6) is 0 Å². The second-order valence-electron chi connectivity index (χ2n) is 7.72. The molecule has 1 aliphatic heterocycles. The van der Waals surface area contributed by atoms with Crippen LogP contribution in [0, 0.1) is 0 Å². The molecule has 2 aromatic rings. The summed E-state index contributed by atoms with van der Waals surface area (Å²) in [5.74, 6) is 0.0410. The summed E-state index contributed by atoms with van der Waals surface area (Å²) in [6, 6.07) is 7.86. The Balaban J connectivity index is 1.55. The van der Waals surface area contributed by atoms with E-state index in [1.165, 1.54) is 17.3 Å². The predicted octanol–water partition coefficient (Wildman–Crippen LogP) is 2.78. The molecule has 1 fully saturated rings. The van der Waals surface area contributed by atoms with Crippen molar-refractivity contribution < 1.29 is 9.53 Å². The van der Waals surface area contributed by atoms with Gasteiger partial charge < -0.3 is 10.1 Å². The van der Waals surface area contributed by atoms with E-state index in [4.69, 9.17) is 4.74 Å². The monoisotopic (exact) mass is 390 g/mol. The topological polar surface area (TPSA) is 89.0 Å². The molecule has 0 bridgehead atoms. The van der Waals surface area contributed by atoms with Gasteiger partial charge in [0, 0.05) is 12.3 Å². The first kappa shape index (κ1) is 19.7. The van der Waals surface area contributed by atoms with Crippen molar-refractivity contribution in [2.45, 2.75) is 56.8 Å². The van der Waals surface area contributed by atoms with Crippen LogP contribution in [0.15, 0.2) is 34.2 Å². The molecular formula is C19H26N4O3S. The van der Waals surface area contributed by atoms with E-state index in [-0.39, 0.29) is 28.9 Å². The normalized spacial score (nSPS) is 17.2. The van der Waals surface area contributed by atoms with Gasteiger partial charge in [0.1, 0.15) is 0 Å². The highest BCUT2D eigenvalue weighted by Gasteiger charge is 2.20. The number of amides is 1. The van der Waals surface area contributed by atoms with Crippen LogP contribution >= 0.6 is 11.8 Å². The summed E-state index contributed by atoms with van der Waals surface area (Å²) in [4.78, 5) is 24.2. The number of anilines is 1. The molecule has 0 aliphatic carbocycles. The Kier molecular flexibility index (Phi) is 6.06. The van der Waals surface area contributed by atoms with Gasteiger partial charge in [0.15, 0.2) is 5.16 Å². The van der Waals surface area contributed by atoms with Crippen LogP contribution in [0.25, 0.3) is 0 Å². The number of nitrogens with zero attached hydrogens (tertiary/aromatic N) is 2. The molecule has 3 rings (SSSR count). The number of aromatic amines is 1. The molecule has 27 heavy (non-hydrogen) atoms. The summed E-state index contributed by atoms with van der Waals surface area (Å²) in [6.07, 6.45) is 1.98. The Hall–Kier alpha value is -2.06. The lowest BCUT2D eigenvalue weighted by molar-refractivity contribution is -0.113. The highest BCUT2D eigenvalue weighted by molar-refractivity contribution is 7.99. The summed E-state index contributed by atoms with van der Waals surface area (Å²) in [7, 11) is 0. The number of hydrogen-bond donors (Lipinski definition) is 2. The average molecular weight is 391 g/mol. The van der Waals surface area contributed by atoms with Gasteiger partial charge in [-0.2, -0.15) is 0 Å². The molecule has 0 unspecified atom stereocenters. The zero-order valence-corrected chi connectivity index (χ0v) is 16.8. The smallest absolute Gasteiger partial charge is 0.344 e. The van der Waals surface area contributed by atoms with E-state index in [1.807, 2.05) is 24.3 Å². The van der Waals surface area contributed by atoms with E-state index in [1.54, 1.807) is 4.57 Å². The lowest BCUT2D eigenvalue weighted by Crippen LogP contribution is -2.25. The van der Waals surface area contributed by atoms with Crippen LogP contribution in [-0.2, 0) is 21.5 Å². The molecule has 1 saturated heterocycles. The summed E-state index contributed by atoms with van der Waals surface area (Å²) in [5, 5.41) is 9.87. The number of rotatable bonds is 6. The van der Waals surface area contributed by atoms with Crippen molar-refractivity contribution in [3.05, 3.63) is 40.3 Å². The van der Waals surface area contributed by atoms with Crippen LogP contribution < -0.4 is 11.0 Å². The highest BCUT2D eigenvalue weighted by atomic mass is 32.2. The van der Waals surface area contributed by atoms with Crippen molar-refractivity contribution in [1.82, 2.24) is 14.8 Å². The summed E-state index contributed by atoms with van der Waals surface area (Å²) in [6.45, 7) is 7.65. The SMILES string of the molecule is CC(C)(C)c1ccc(NC(=O)CSc2n[nH]c(=O)n2C[C@H]2CCCO2)cc1. The molecule has 1 aromatic carbocycles. The number of hydrogen-bond acceptors (Lipinski definition) is 5. The number of carbonyl (C=O) groups excluding carboxylic acids is 1. The minimum Gasteiger partial charge on any atom is -0.376 e. The molecule has 1 aliphatic rings. The van der Waals surface area contributed by atoms with Gasteiger partial charge >= 0.3 is 5.69 Å². The minimum absolute atomic E-state index is 0.0369. The molecule has 1 atom stereocenters. The Morgan fingerprint density at radius 1 is 1.37 bits per heavy atom. The standard InChI is InChI=1S/C19H26N4O3S/c1-19(2,3)13-6-8-14(9-7-13)20-16(24)12-27-18-22-21-17(25)23(18)11-15-5-4-10-26-15/h6-9,15H,4-5,10-12H2,1-3H3,(H,20,24)(H,21,25)/t15-/m1/s1. The fourth-order valence-corrected chi connectivity index (χ4v) is 3.70. The molecular weight excluding hydrogens is 364 g/mol. The Morgan fingerprint density at radius 3 is 2.74 bits per heavy atom. The van der Waals surface area contributed by atoms with Crippen molar-refractivity contribution in [3.8, 4) is 0 Å². The van der Waals surface area contributed by atoms with E-state index in [2.05, 4.69) is 36.3 Å². The van der Waals surface area contributed by atoms with Gasteiger partial charge in [-0.25, -0.2) is 9.89 Å². The van der Waals surface area contributed by atoms with Crippen molar-refractivity contribution >= 4 is 23.4 Å². The zero-order chi connectivity index (χ0) is 19.4. The van der Waals surface area contributed by atoms with Gasteiger partial charge in [-0.15, -0.1) is 5.10 Å². The van der Waals surface area contributed by atoms with Crippen molar-refractivity contribution in [1.29, 1.82) is 0 Å². The summed E-state index contributed by atoms with van der Waals surface area (Å²) >= 11 is 1.24. The molecule has 1 amide bonds. The van der Waals surface area contributed by atoms with E-state index in [0.29, 0.717) is 11.7 Å². The first-order valence-electron chi connectivity index (χ1n) is 9.13. The third-order valence-corrected chi connectivity index (χ3v) is 5.48. The number of carbonyl (C=O) groups is 1. The highest BCUT2D eigenvalue weighted by Crippen LogP contribution is 2.24. The molecule has 0 saturated carbocycles. The third kappa shape index (κ3) is 5.23. The molecule has 0 spiro atoms. The minimum atomic E-state index is -0.272. The third-order valence-electron chi connectivity index (χ3n) is 4.50. The number of aromatic nitrogens is 3. The Bertz CT molecular complexity index is 830. The largest absolute Gasteiger partial charge is 0.376 e. The first-order chi connectivity index (χ1) is 12.8. The second-order valence-corrected chi connectivity index (χ2v) is 8.66. The number of H-pyrrole nitrogens is 1. The van der Waals surface area contributed by atoms with Gasteiger partial charge in [0.05, 0.1) is 18.4 Å². The predicted molar refractivity (Wildman–Crippen MR) is 106 cm³/mol. The maximum atomic E-state index is 12.2. The number of ether oxygens (including phenoxy) is 1. The Labute approximate surface area is 162 Å². The van der Waals surface area contributed by atoms with Gasteiger partial charge in [0.25, 0.3) is 0 Å². The van der Waals surface area contributed by atoms with Crippen molar-refractivity contribution in [3.63, 3.8) is 0 Å². The summed E-state index contributed by atoms with van der Waals surface area (Å²) < 4.78 is 7.13. The van der Waals surface area contributed by atoms with Crippen LogP contribution in [0.3, 0.4) is 0 Å². The molecule has 2 heterocycles. The molecule has 2 N–H and O–H groups in total. The van der Waals surface area contributed by atoms with Crippen LogP contribution in [0.2, 0.25) is 0 Å². The van der Waals surface area contributed by atoms with Crippen molar-refractivity contribution in [2.24, 2.45) is 0 Å². The molecule has 1 aromatic heterocycles. The second kappa shape index (κ2) is 8.31. The van der Waals surface area contributed by atoms with Gasteiger partial charge in [0.2, 0.25) is 5.91 Å². The molecule has 7 nitrogen and oxygen atoms in total. The molecule has 0 radical (unpaired) electrons. The van der Waals surface area contributed by atoms with E-state index >= 15 is 0 Å². The lowest BCUT2D eigenvalue weighted by Gasteiger charge is -2.19. The van der Waals surface area contributed by atoms with E-state index in [9.17, 15) is 9.59 Å². The number of benzene rings is 1. The van der Waals surface area contributed by atoms with E-state index in [0.717, 1.165) is 25.1 Å². The first-order valence-corrected chi connectivity index (χ1v) is 10.1. The lowest BCUT2D eigenvalue weighted by atomic mass is 9.87. The summed E-state index contributed by atoms with van der Waals surface area (Å²) in [5.41, 5.74) is 1.77. The van der Waals surface area contributed by atoms with Crippen LogP contribution in [0.1, 0.15) is 39.2 Å². The van der Waals surface area contributed by atoms with Gasteiger partial charge in [-0.1, -0.05) is 44.7 Å². The molecule has 8 heteroatoms. The maximum Gasteiger partial charge on any atom is 0.344 e. The fraction of sp³-hybridized carbons (Fsp3) is 0.526. The van der Waals surface area contributed by atoms with Crippen LogP contribution in [-0.4, -0.2) is 39.1 Å². The molecule has 146 valence electrons. The van der Waals surface area contributed by atoms with E-state index < -0.39 is 0 Å². The Morgan fingerprint density at radius 2 is 2.11 bits per heavy atom. The number of nitrogens with one attached hydrogen (secondary N) is 2. The quantitative estimate of drug-likeness (QED) is 0.741. The fourth-order valence-electron chi connectivity index (χ4n) is 2.95. The number of thioether (sulfide) groups is 1. The zero-order valence-electron chi connectivity index (χ0n) is 15.9. The van der Waals surface area contributed by atoms with Gasteiger partial charge in [-0.05, 0) is 36.0 Å². The van der Waals surface area contributed by atoms with Crippen LogP contribution in [0.4, 0.5) is 5.69 Å². The van der Waals surface area contributed by atoms with Gasteiger partial charge in [-0.3, -0.25) is 9.36 Å². The van der Waals surface area contributed by atoms with Crippen molar-refractivity contribution in [2.75, 3.05) is 17.7 Å². The average Bonchev–Trinajstić information content (AvgIpc) is 3.24. The maximum absolute atomic E-state index is 12.2.